The van der Waals surface area contributed by atoms with Crippen LogP contribution in [0.25, 0.3) is 0 Å². The molecule has 2 aliphatic rings. The molecule has 0 radical (unpaired) electrons. The van der Waals surface area contributed by atoms with Gasteiger partial charge in [0.05, 0.1) is 5.41 Å². The minimum atomic E-state index is -0.128. The summed E-state index contributed by atoms with van der Waals surface area (Å²) in [4.78, 5) is 14.6. The number of likely N-dealkylation sites (tertiary alicyclic amines) is 1. The lowest BCUT2D eigenvalue weighted by Crippen LogP contribution is -2.45. The topological polar surface area (TPSA) is 32.3 Å². The summed E-state index contributed by atoms with van der Waals surface area (Å²) < 4.78 is 0. The van der Waals surface area contributed by atoms with E-state index in [1.165, 1.54) is 0 Å². The smallest absolute Gasteiger partial charge is 0.230 e. The lowest BCUT2D eigenvalue weighted by atomic mass is 9.79. The molecule has 0 bridgehead atoms. The Bertz CT molecular complexity index is 483. The van der Waals surface area contributed by atoms with Crippen molar-refractivity contribution in [1.82, 2.24) is 10.2 Å². The standard InChI is InChI=1S/C15H19ClN2O/c16-13-4-1-3-12(9-13)10-18-8-6-15(14(18)19)5-2-7-17-11-15/h1,3-4,9,17H,2,5-8,10-11H2/t15-/m1/s1. The lowest BCUT2D eigenvalue weighted by molar-refractivity contribution is -0.137. The van der Waals surface area contributed by atoms with Crippen LogP contribution in [0.4, 0.5) is 0 Å². The molecule has 0 aromatic heterocycles. The second-order valence-electron chi connectivity index (χ2n) is 5.67. The van der Waals surface area contributed by atoms with Gasteiger partial charge in [0.1, 0.15) is 0 Å². The predicted octanol–water partition coefficient (Wildman–Crippen LogP) is 2.44. The summed E-state index contributed by atoms with van der Waals surface area (Å²) in [5.41, 5.74) is 0.985. The number of piperidine rings is 1. The Labute approximate surface area is 118 Å². The van der Waals surface area contributed by atoms with Crippen molar-refractivity contribution in [3.8, 4) is 0 Å². The molecule has 1 aromatic rings. The Morgan fingerprint density at radius 2 is 2.26 bits per heavy atom. The average Bonchev–Trinajstić information content (AvgIpc) is 2.70. The van der Waals surface area contributed by atoms with E-state index in [0.717, 1.165) is 49.5 Å². The van der Waals surface area contributed by atoms with Crippen LogP contribution in [-0.4, -0.2) is 30.4 Å². The molecule has 2 aliphatic heterocycles. The van der Waals surface area contributed by atoms with Crippen LogP contribution in [-0.2, 0) is 11.3 Å². The van der Waals surface area contributed by atoms with Crippen molar-refractivity contribution in [3.63, 3.8) is 0 Å². The maximum atomic E-state index is 12.6. The van der Waals surface area contributed by atoms with Crippen LogP contribution in [0.3, 0.4) is 0 Å². The summed E-state index contributed by atoms with van der Waals surface area (Å²) in [6, 6.07) is 7.78. The van der Waals surface area contributed by atoms with E-state index in [1.807, 2.05) is 29.2 Å². The Hall–Kier alpha value is -1.06. The molecule has 1 aromatic carbocycles. The largest absolute Gasteiger partial charge is 0.338 e. The Morgan fingerprint density at radius 3 is 3.00 bits per heavy atom. The van der Waals surface area contributed by atoms with Gasteiger partial charge in [-0.1, -0.05) is 23.7 Å². The molecule has 1 N–H and O–H groups in total. The highest BCUT2D eigenvalue weighted by Gasteiger charge is 2.46. The van der Waals surface area contributed by atoms with Gasteiger partial charge in [0.15, 0.2) is 0 Å². The third kappa shape index (κ3) is 2.49. The van der Waals surface area contributed by atoms with Crippen LogP contribution in [0.1, 0.15) is 24.8 Å². The van der Waals surface area contributed by atoms with E-state index in [1.54, 1.807) is 0 Å². The first-order valence-electron chi connectivity index (χ1n) is 6.94. The normalized spacial score (nSPS) is 27.2. The highest BCUT2D eigenvalue weighted by atomic mass is 35.5. The molecule has 1 atom stereocenters. The van der Waals surface area contributed by atoms with E-state index in [9.17, 15) is 4.79 Å². The predicted molar refractivity (Wildman–Crippen MR) is 76.0 cm³/mol. The number of halogens is 1. The molecule has 2 saturated heterocycles. The number of nitrogens with zero attached hydrogens (tertiary/aromatic N) is 1. The molecular weight excluding hydrogens is 260 g/mol. The Kier molecular flexibility index (Phi) is 3.50. The second-order valence-corrected chi connectivity index (χ2v) is 6.10. The van der Waals surface area contributed by atoms with Crippen molar-refractivity contribution < 1.29 is 4.79 Å². The molecule has 2 fully saturated rings. The van der Waals surface area contributed by atoms with Crippen LogP contribution in [0.15, 0.2) is 24.3 Å². The van der Waals surface area contributed by atoms with Crippen molar-refractivity contribution in [2.45, 2.75) is 25.8 Å². The Morgan fingerprint density at radius 1 is 1.37 bits per heavy atom. The van der Waals surface area contributed by atoms with E-state index in [2.05, 4.69) is 5.32 Å². The Balaban J connectivity index is 1.72. The van der Waals surface area contributed by atoms with Crippen LogP contribution in [0.2, 0.25) is 5.02 Å². The zero-order valence-electron chi connectivity index (χ0n) is 11.0. The molecule has 102 valence electrons. The molecule has 1 amide bonds. The molecule has 19 heavy (non-hydrogen) atoms. The van der Waals surface area contributed by atoms with Gasteiger partial charge in [0.25, 0.3) is 0 Å². The summed E-state index contributed by atoms with van der Waals surface area (Å²) in [7, 11) is 0. The number of hydrogen-bond donors (Lipinski definition) is 1. The average molecular weight is 279 g/mol. The van der Waals surface area contributed by atoms with Gasteiger partial charge >= 0.3 is 0 Å². The number of benzene rings is 1. The van der Waals surface area contributed by atoms with E-state index < -0.39 is 0 Å². The van der Waals surface area contributed by atoms with E-state index >= 15 is 0 Å². The van der Waals surface area contributed by atoms with Gasteiger partial charge in [-0.05, 0) is 43.5 Å². The van der Waals surface area contributed by atoms with Crippen LogP contribution < -0.4 is 5.32 Å². The SMILES string of the molecule is O=C1N(Cc2cccc(Cl)c2)CC[C@@]12CCCNC2. The fourth-order valence-electron chi connectivity index (χ4n) is 3.26. The summed E-state index contributed by atoms with van der Waals surface area (Å²) >= 11 is 6.00. The molecule has 3 rings (SSSR count). The lowest BCUT2D eigenvalue weighted by Gasteiger charge is -2.32. The molecule has 0 aliphatic carbocycles. The third-order valence-electron chi connectivity index (χ3n) is 4.34. The van der Waals surface area contributed by atoms with E-state index in [4.69, 9.17) is 11.6 Å². The second kappa shape index (κ2) is 5.14. The number of rotatable bonds is 2. The van der Waals surface area contributed by atoms with E-state index in [0.29, 0.717) is 12.5 Å². The first kappa shape index (κ1) is 12.9. The first-order chi connectivity index (χ1) is 9.20. The van der Waals surface area contributed by atoms with Crippen LogP contribution >= 0.6 is 11.6 Å². The fourth-order valence-corrected chi connectivity index (χ4v) is 3.48. The highest BCUT2D eigenvalue weighted by molar-refractivity contribution is 6.30. The van der Waals surface area contributed by atoms with Crippen LogP contribution in [0.5, 0.6) is 0 Å². The van der Waals surface area contributed by atoms with Crippen LogP contribution in [0, 0.1) is 5.41 Å². The number of carbonyl (C=O) groups is 1. The monoisotopic (exact) mass is 278 g/mol. The van der Waals surface area contributed by atoms with Gasteiger partial charge in [-0.2, -0.15) is 0 Å². The van der Waals surface area contributed by atoms with Crippen molar-refractivity contribution in [3.05, 3.63) is 34.9 Å². The zero-order chi connectivity index (χ0) is 13.3. The van der Waals surface area contributed by atoms with Gasteiger partial charge < -0.3 is 10.2 Å². The number of amides is 1. The molecule has 0 unspecified atom stereocenters. The van der Waals surface area contributed by atoms with Crippen molar-refractivity contribution >= 4 is 17.5 Å². The molecule has 3 nitrogen and oxygen atoms in total. The van der Waals surface area contributed by atoms with Gasteiger partial charge in [-0.25, -0.2) is 0 Å². The number of nitrogens with one attached hydrogen (secondary N) is 1. The molecule has 4 heteroatoms. The van der Waals surface area contributed by atoms with Gasteiger partial charge in [0.2, 0.25) is 5.91 Å². The first-order valence-corrected chi connectivity index (χ1v) is 7.32. The zero-order valence-corrected chi connectivity index (χ0v) is 11.7. The number of hydrogen-bond acceptors (Lipinski definition) is 2. The molecular formula is C15H19ClN2O. The summed E-state index contributed by atoms with van der Waals surface area (Å²) in [5, 5.41) is 4.11. The highest BCUT2D eigenvalue weighted by Crippen LogP contribution is 2.38. The quantitative estimate of drug-likeness (QED) is 0.901. The molecule has 1 spiro atoms. The van der Waals surface area contributed by atoms with Crippen molar-refractivity contribution in [1.29, 1.82) is 0 Å². The number of carbonyl (C=O) groups excluding carboxylic acids is 1. The minimum absolute atomic E-state index is 0.128. The fraction of sp³-hybridized carbons (Fsp3) is 0.533. The van der Waals surface area contributed by atoms with Crippen molar-refractivity contribution in [2.75, 3.05) is 19.6 Å². The van der Waals surface area contributed by atoms with Crippen molar-refractivity contribution in [2.24, 2.45) is 5.41 Å². The summed E-state index contributed by atoms with van der Waals surface area (Å²) in [5.74, 6) is 0.319. The van der Waals surface area contributed by atoms with E-state index in [-0.39, 0.29) is 5.41 Å². The molecule has 0 saturated carbocycles. The third-order valence-corrected chi connectivity index (χ3v) is 4.57. The minimum Gasteiger partial charge on any atom is -0.338 e. The summed E-state index contributed by atoms with van der Waals surface area (Å²) in [6.45, 7) is 3.44. The maximum Gasteiger partial charge on any atom is 0.230 e. The summed E-state index contributed by atoms with van der Waals surface area (Å²) in [6.07, 6.45) is 3.13. The van der Waals surface area contributed by atoms with Gasteiger partial charge in [0, 0.05) is 24.7 Å². The van der Waals surface area contributed by atoms with Gasteiger partial charge in [-0.15, -0.1) is 0 Å². The molecule has 2 heterocycles. The maximum absolute atomic E-state index is 12.6. The van der Waals surface area contributed by atoms with Gasteiger partial charge in [-0.3, -0.25) is 4.79 Å².